The van der Waals surface area contributed by atoms with Gasteiger partial charge in [0.15, 0.2) is 0 Å². The van der Waals surface area contributed by atoms with Crippen LogP contribution in [-0.4, -0.2) is 34.5 Å². The van der Waals surface area contributed by atoms with Crippen LogP contribution in [0.2, 0.25) is 5.02 Å². The summed E-state index contributed by atoms with van der Waals surface area (Å²) in [5.41, 5.74) is 0.417. The molecule has 2 rings (SSSR count). The molecule has 0 saturated carbocycles. The summed E-state index contributed by atoms with van der Waals surface area (Å²) < 4.78 is 31.6. The van der Waals surface area contributed by atoms with Crippen LogP contribution in [-0.2, 0) is 10.0 Å². The highest BCUT2D eigenvalue weighted by atomic mass is 35.5. The molecule has 0 fully saturated rings. The van der Waals surface area contributed by atoms with E-state index in [1.807, 2.05) is 0 Å². The Kier molecular flexibility index (Phi) is 6.19. The summed E-state index contributed by atoms with van der Waals surface area (Å²) in [6.45, 7) is 0.224. The summed E-state index contributed by atoms with van der Waals surface area (Å²) in [6.07, 6.45) is 0. The maximum atomic E-state index is 12.1. The Morgan fingerprint density at radius 2 is 1.83 bits per heavy atom. The lowest BCUT2D eigenvalue weighted by atomic mass is 10.2. The minimum Gasteiger partial charge on any atom is -0.497 e. The average Bonchev–Trinajstić information content (AvgIpc) is 2.58. The lowest BCUT2D eigenvalue weighted by Gasteiger charge is -2.09. The Hall–Kier alpha value is -2.09. The van der Waals surface area contributed by atoms with Gasteiger partial charge in [0.25, 0.3) is 5.91 Å². The molecule has 0 aliphatic rings. The highest BCUT2D eigenvalue weighted by Gasteiger charge is 2.13. The van der Waals surface area contributed by atoms with Crippen molar-refractivity contribution in [1.29, 1.82) is 0 Å². The van der Waals surface area contributed by atoms with Crippen LogP contribution in [0, 0.1) is 0 Å². The van der Waals surface area contributed by atoms with Crippen LogP contribution >= 0.6 is 11.6 Å². The van der Waals surface area contributed by atoms with Crippen molar-refractivity contribution in [3.05, 3.63) is 59.1 Å². The van der Waals surface area contributed by atoms with E-state index >= 15 is 0 Å². The highest BCUT2D eigenvalue weighted by molar-refractivity contribution is 7.89. The third kappa shape index (κ3) is 4.95. The number of nitrogens with one attached hydrogen (secondary N) is 2. The number of amides is 1. The number of hydrogen-bond donors (Lipinski definition) is 2. The number of benzene rings is 2. The molecule has 0 aliphatic heterocycles. The van der Waals surface area contributed by atoms with Crippen LogP contribution in [0.15, 0.2) is 53.4 Å². The molecule has 2 aromatic rings. The Bertz CT molecular complexity index is 807. The van der Waals surface area contributed by atoms with Crippen molar-refractivity contribution in [1.82, 2.24) is 10.0 Å². The molecule has 24 heavy (non-hydrogen) atoms. The topological polar surface area (TPSA) is 84.5 Å². The Labute approximate surface area is 145 Å². The van der Waals surface area contributed by atoms with Crippen LogP contribution in [0.25, 0.3) is 0 Å². The molecule has 2 aromatic carbocycles. The molecule has 0 unspecified atom stereocenters. The smallest absolute Gasteiger partial charge is 0.251 e. The molecule has 0 spiro atoms. The first-order valence-corrected chi connectivity index (χ1v) is 8.96. The van der Waals surface area contributed by atoms with Crippen LogP contribution in [0.5, 0.6) is 5.75 Å². The predicted octanol–water partition coefficient (Wildman–Crippen LogP) is 2.06. The highest BCUT2D eigenvalue weighted by Crippen LogP contribution is 2.15. The second kappa shape index (κ2) is 8.14. The first kappa shape index (κ1) is 18.3. The molecule has 8 heteroatoms. The number of ether oxygens (including phenoxy) is 1. The van der Waals surface area contributed by atoms with Gasteiger partial charge in [-0.25, -0.2) is 13.1 Å². The largest absolute Gasteiger partial charge is 0.497 e. The summed E-state index contributed by atoms with van der Waals surface area (Å²) >= 11 is 5.82. The van der Waals surface area contributed by atoms with Gasteiger partial charge >= 0.3 is 0 Å². The minimum atomic E-state index is -3.63. The van der Waals surface area contributed by atoms with E-state index in [9.17, 15) is 13.2 Å². The summed E-state index contributed by atoms with van der Waals surface area (Å²) in [6, 6.07) is 12.5. The van der Waals surface area contributed by atoms with Gasteiger partial charge in [0.2, 0.25) is 10.0 Å². The Morgan fingerprint density at radius 3 is 2.46 bits per heavy atom. The number of halogens is 1. The molecular weight excluding hydrogens is 352 g/mol. The van der Waals surface area contributed by atoms with E-state index in [1.54, 1.807) is 36.4 Å². The fraction of sp³-hybridized carbons (Fsp3) is 0.188. The molecule has 0 radical (unpaired) electrons. The fourth-order valence-corrected chi connectivity index (χ4v) is 3.15. The zero-order valence-corrected chi connectivity index (χ0v) is 14.5. The van der Waals surface area contributed by atoms with Crippen molar-refractivity contribution in [3.8, 4) is 5.75 Å². The van der Waals surface area contributed by atoms with Crippen LogP contribution in [0.3, 0.4) is 0 Å². The van der Waals surface area contributed by atoms with Gasteiger partial charge in [-0.15, -0.1) is 0 Å². The van der Waals surface area contributed by atoms with Crippen molar-refractivity contribution in [2.75, 3.05) is 20.2 Å². The maximum Gasteiger partial charge on any atom is 0.251 e. The number of carbonyl (C=O) groups is 1. The van der Waals surface area contributed by atoms with Crippen molar-refractivity contribution in [2.45, 2.75) is 4.90 Å². The van der Waals surface area contributed by atoms with Gasteiger partial charge in [0, 0.05) is 23.7 Å². The fourth-order valence-electron chi connectivity index (χ4n) is 1.93. The molecule has 128 valence electrons. The molecule has 0 aliphatic carbocycles. The first-order valence-electron chi connectivity index (χ1n) is 7.10. The molecule has 6 nitrogen and oxygen atoms in total. The van der Waals surface area contributed by atoms with Gasteiger partial charge in [0.05, 0.1) is 12.0 Å². The SMILES string of the molecule is COc1ccc(S(=O)(=O)NCCNC(=O)c2cccc(Cl)c2)cc1. The molecule has 0 aromatic heterocycles. The number of rotatable bonds is 7. The van der Waals surface area contributed by atoms with Gasteiger partial charge in [-0.1, -0.05) is 17.7 Å². The maximum absolute atomic E-state index is 12.1. The van der Waals surface area contributed by atoms with Gasteiger partial charge in [-0.3, -0.25) is 4.79 Å². The van der Waals surface area contributed by atoms with E-state index in [0.717, 1.165) is 0 Å². The van der Waals surface area contributed by atoms with Gasteiger partial charge in [-0.05, 0) is 42.5 Å². The summed E-state index contributed by atoms with van der Waals surface area (Å²) in [7, 11) is -2.13. The minimum absolute atomic E-state index is 0.0701. The lowest BCUT2D eigenvalue weighted by molar-refractivity contribution is 0.0954. The van der Waals surface area contributed by atoms with Crippen molar-refractivity contribution in [3.63, 3.8) is 0 Å². The zero-order valence-electron chi connectivity index (χ0n) is 13.0. The van der Waals surface area contributed by atoms with E-state index in [2.05, 4.69) is 10.0 Å². The first-order chi connectivity index (χ1) is 11.4. The molecule has 0 atom stereocenters. The third-order valence-corrected chi connectivity index (χ3v) is 4.87. The predicted molar refractivity (Wildman–Crippen MR) is 92.0 cm³/mol. The molecule has 0 bridgehead atoms. The Morgan fingerprint density at radius 1 is 1.12 bits per heavy atom. The van der Waals surface area contributed by atoms with Crippen LogP contribution in [0.1, 0.15) is 10.4 Å². The van der Waals surface area contributed by atoms with Gasteiger partial charge < -0.3 is 10.1 Å². The van der Waals surface area contributed by atoms with Gasteiger partial charge in [-0.2, -0.15) is 0 Å². The lowest BCUT2D eigenvalue weighted by Crippen LogP contribution is -2.34. The van der Waals surface area contributed by atoms with Crippen molar-refractivity contribution >= 4 is 27.5 Å². The van der Waals surface area contributed by atoms with E-state index in [0.29, 0.717) is 16.3 Å². The molecular formula is C16H17ClN2O4S. The second-order valence-electron chi connectivity index (χ2n) is 4.84. The zero-order chi connectivity index (χ0) is 17.6. The molecule has 0 heterocycles. The number of methoxy groups -OCH3 is 1. The van der Waals surface area contributed by atoms with E-state index in [1.165, 1.54) is 19.2 Å². The standard InChI is InChI=1S/C16H17ClN2O4S/c1-23-14-5-7-15(8-6-14)24(21,22)19-10-9-18-16(20)12-3-2-4-13(17)11-12/h2-8,11,19H,9-10H2,1H3,(H,18,20). The number of hydrogen-bond acceptors (Lipinski definition) is 4. The van der Waals surface area contributed by atoms with Crippen molar-refractivity contribution in [2.24, 2.45) is 0 Å². The van der Waals surface area contributed by atoms with Crippen LogP contribution < -0.4 is 14.8 Å². The second-order valence-corrected chi connectivity index (χ2v) is 7.04. The van der Waals surface area contributed by atoms with E-state index in [-0.39, 0.29) is 23.9 Å². The third-order valence-electron chi connectivity index (χ3n) is 3.16. The summed E-state index contributed by atoms with van der Waals surface area (Å²) in [5, 5.41) is 3.08. The van der Waals surface area contributed by atoms with Crippen LogP contribution in [0.4, 0.5) is 0 Å². The van der Waals surface area contributed by atoms with Crippen molar-refractivity contribution < 1.29 is 17.9 Å². The Balaban J connectivity index is 1.85. The van der Waals surface area contributed by atoms with Gasteiger partial charge in [0.1, 0.15) is 5.75 Å². The summed E-state index contributed by atoms with van der Waals surface area (Å²) in [4.78, 5) is 12.0. The average molecular weight is 369 g/mol. The molecule has 2 N–H and O–H groups in total. The van der Waals surface area contributed by atoms with E-state index < -0.39 is 10.0 Å². The summed E-state index contributed by atoms with van der Waals surface area (Å²) in [5.74, 6) is 0.254. The monoisotopic (exact) mass is 368 g/mol. The van der Waals surface area contributed by atoms with E-state index in [4.69, 9.17) is 16.3 Å². The number of carbonyl (C=O) groups excluding carboxylic acids is 1. The molecule has 0 saturated heterocycles. The number of sulfonamides is 1. The normalized spacial score (nSPS) is 11.1. The molecule has 1 amide bonds. The quantitative estimate of drug-likeness (QED) is 0.732.